The van der Waals surface area contributed by atoms with E-state index >= 15 is 0 Å². The normalized spacial score (nSPS) is 20.2. The number of rotatable bonds is 7. The number of nitrogens with zero attached hydrogens (tertiary/aromatic N) is 1. The second-order valence-corrected chi connectivity index (χ2v) is 8.96. The first-order chi connectivity index (χ1) is 13.9. The number of para-hydroxylation sites is 1. The van der Waals surface area contributed by atoms with Gasteiger partial charge in [0.2, 0.25) is 10.0 Å². The number of carbonyl (C=O) groups is 1. The fraction of sp³-hybridized carbons (Fsp3) is 0.381. The van der Waals surface area contributed by atoms with E-state index < -0.39 is 10.0 Å². The molecule has 0 spiro atoms. The zero-order chi connectivity index (χ0) is 20.9. The van der Waals surface area contributed by atoms with Crippen LogP contribution in [0.4, 0.5) is 0 Å². The van der Waals surface area contributed by atoms with Gasteiger partial charge in [-0.15, -0.1) is 0 Å². The Morgan fingerprint density at radius 2 is 1.79 bits per heavy atom. The summed E-state index contributed by atoms with van der Waals surface area (Å²) in [6, 6.07) is 15.4. The topological polar surface area (TPSA) is 84.9 Å². The third kappa shape index (κ3) is 5.56. The molecule has 0 saturated carbocycles. The van der Waals surface area contributed by atoms with Gasteiger partial charge in [-0.05, 0) is 44.2 Å². The standard InChI is InChI=1S/C21H26N2O5S/c1-16-14-23(15-17(2)28-16)29(25,26)20-10-6-7-18(13-20)21(24)22-11-12-27-19-8-4-3-5-9-19/h3-10,13,16-17H,11-12,14-15H2,1-2H3,(H,22,24). The number of amides is 1. The van der Waals surface area contributed by atoms with Gasteiger partial charge in [-0.1, -0.05) is 24.3 Å². The number of sulfonamides is 1. The molecule has 1 aliphatic rings. The van der Waals surface area contributed by atoms with Crippen molar-refractivity contribution in [3.8, 4) is 5.75 Å². The summed E-state index contributed by atoms with van der Waals surface area (Å²) in [6.45, 7) is 4.90. The van der Waals surface area contributed by atoms with E-state index in [1.165, 1.54) is 16.4 Å². The maximum Gasteiger partial charge on any atom is 0.251 e. The second kappa shape index (κ2) is 9.39. The number of hydrogen-bond acceptors (Lipinski definition) is 5. The fourth-order valence-electron chi connectivity index (χ4n) is 3.23. The zero-order valence-electron chi connectivity index (χ0n) is 16.6. The molecule has 7 nitrogen and oxygen atoms in total. The van der Waals surface area contributed by atoms with Gasteiger partial charge in [0.1, 0.15) is 12.4 Å². The Kier molecular flexibility index (Phi) is 6.89. The Morgan fingerprint density at radius 3 is 2.48 bits per heavy atom. The highest BCUT2D eigenvalue weighted by atomic mass is 32.2. The summed E-state index contributed by atoms with van der Waals surface area (Å²) in [5, 5.41) is 2.75. The smallest absolute Gasteiger partial charge is 0.251 e. The van der Waals surface area contributed by atoms with Crippen molar-refractivity contribution in [2.45, 2.75) is 31.0 Å². The predicted molar refractivity (Wildman–Crippen MR) is 109 cm³/mol. The number of hydrogen-bond donors (Lipinski definition) is 1. The van der Waals surface area contributed by atoms with Crippen molar-refractivity contribution in [1.82, 2.24) is 9.62 Å². The average molecular weight is 419 g/mol. The summed E-state index contributed by atoms with van der Waals surface area (Å²) in [6.07, 6.45) is -0.353. The first-order valence-corrected chi connectivity index (χ1v) is 11.0. The van der Waals surface area contributed by atoms with E-state index in [0.29, 0.717) is 31.8 Å². The molecule has 3 rings (SSSR count). The number of benzene rings is 2. The largest absolute Gasteiger partial charge is 0.492 e. The van der Waals surface area contributed by atoms with E-state index in [0.717, 1.165) is 5.75 Å². The van der Waals surface area contributed by atoms with E-state index in [-0.39, 0.29) is 23.0 Å². The minimum Gasteiger partial charge on any atom is -0.492 e. The van der Waals surface area contributed by atoms with Gasteiger partial charge in [-0.2, -0.15) is 4.31 Å². The van der Waals surface area contributed by atoms with E-state index in [1.54, 1.807) is 12.1 Å². The Labute approximate surface area is 171 Å². The lowest BCUT2D eigenvalue weighted by Gasteiger charge is -2.34. The molecule has 0 aromatic heterocycles. The fourth-order valence-corrected chi connectivity index (χ4v) is 4.86. The molecule has 0 bridgehead atoms. The molecule has 1 N–H and O–H groups in total. The van der Waals surface area contributed by atoms with Crippen LogP contribution < -0.4 is 10.1 Å². The molecule has 1 aliphatic heterocycles. The lowest BCUT2D eigenvalue weighted by Crippen LogP contribution is -2.48. The quantitative estimate of drug-likeness (QED) is 0.698. The number of nitrogens with one attached hydrogen (secondary N) is 1. The summed E-state index contributed by atoms with van der Waals surface area (Å²) in [4.78, 5) is 12.5. The van der Waals surface area contributed by atoms with E-state index in [1.807, 2.05) is 44.2 Å². The van der Waals surface area contributed by atoms with Crippen LogP contribution in [0.25, 0.3) is 0 Å². The molecule has 0 radical (unpaired) electrons. The first-order valence-electron chi connectivity index (χ1n) is 9.58. The van der Waals surface area contributed by atoms with Gasteiger partial charge in [0.25, 0.3) is 5.91 Å². The van der Waals surface area contributed by atoms with Crippen LogP contribution >= 0.6 is 0 Å². The SMILES string of the molecule is CC1CN(S(=O)(=O)c2cccc(C(=O)NCCOc3ccccc3)c2)CC(C)O1. The minimum absolute atomic E-state index is 0.104. The molecule has 2 atom stereocenters. The molecular formula is C21H26N2O5S. The maximum absolute atomic E-state index is 13.0. The van der Waals surface area contributed by atoms with Crippen molar-refractivity contribution in [2.75, 3.05) is 26.2 Å². The van der Waals surface area contributed by atoms with Crippen LogP contribution in [0.15, 0.2) is 59.5 Å². The molecule has 156 valence electrons. The molecule has 1 saturated heterocycles. The molecular weight excluding hydrogens is 392 g/mol. The molecule has 2 aromatic rings. The van der Waals surface area contributed by atoms with Crippen LogP contribution in [0.3, 0.4) is 0 Å². The number of ether oxygens (including phenoxy) is 2. The van der Waals surface area contributed by atoms with Gasteiger partial charge in [-0.25, -0.2) is 8.42 Å². The molecule has 2 unspecified atom stereocenters. The van der Waals surface area contributed by atoms with Crippen molar-refractivity contribution < 1.29 is 22.7 Å². The van der Waals surface area contributed by atoms with Crippen LogP contribution in [0.1, 0.15) is 24.2 Å². The Bertz CT molecular complexity index is 923. The first kappa shape index (κ1) is 21.3. The van der Waals surface area contributed by atoms with E-state index in [2.05, 4.69) is 5.32 Å². The Balaban J connectivity index is 1.61. The third-order valence-corrected chi connectivity index (χ3v) is 6.35. The molecule has 0 aliphatic carbocycles. The van der Waals surface area contributed by atoms with Gasteiger partial charge in [0.15, 0.2) is 0 Å². The second-order valence-electron chi connectivity index (χ2n) is 7.02. The monoisotopic (exact) mass is 418 g/mol. The predicted octanol–water partition coefficient (Wildman–Crippen LogP) is 2.29. The summed E-state index contributed by atoms with van der Waals surface area (Å²) in [5.41, 5.74) is 0.292. The third-order valence-electron chi connectivity index (χ3n) is 4.52. The average Bonchev–Trinajstić information content (AvgIpc) is 2.71. The van der Waals surface area contributed by atoms with Crippen molar-refractivity contribution in [1.29, 1.82) is 0 Å². The molecule has 29 heavy (non-hydrogen) atoms. The summed E-state index contributed by atoms with van der Waals surface area (Å²) >= 11 is 0. The van der Waals surface area contributed by atoms with Crippen LogP contribution in [-0.4, -0.2) is 57.1 Å². The van der Waals surface area contributed by atoms with Crippen molar-refractivity contribution in [3.63, 3.8) is 0 Å². The molecule has 1 fully saturated rings. The molecule has 1 amide bonds. The maximum atomic E-state index is 13.0. The Hall–Kier alpha value is -2.42. The Morgan fingerprint density at radius 1 is 1.10 bits per heavy atom. The summed E-state index contributed by atoms with van der Waals surface area (Å²) < 4.78 is 38.5. The molecule has 2 aromatic carbocycles. The lowest BCUT2D eigenvalue weighted by molar-refractivity contribution is -0.0440. The van der Waals surface area contributed by atoms with Gasteiger partial charge in [0.05, 0.1) is 23.6 Å². The molecule has 1 heterocycles. The van der Waals surface area contributed by atoms with Gasteiger partial charge in [0, 0.05) is 18.7 Å². The van der Waals surface area contributed by atoms with Crippen LogP contribution in [0.5, 0.6) is 5.75 Å². The van der Waals surface area contributed by atoms with E-state index in [9.17, 15) is 13.2 Å². The zero-order valence-corrected chi connectivity index (χ0v) is 17.4. The van der Waals surface area contributed by atoms with E-state index in [4.69, 9.17) is 9.47 Å². The number of morpholine rings is 1. The molecule has 8 heteroatoms. The van der Waals surface area contributed by atoms with Crippen LogP contribution in [0.2, 0.25) is 0 Å². The van der Waals surface area contributed by atoms with Crippen molar-refractivity contribution in [2.24, 2.45) is 0 Å². The highest BCUT2D eigenvalue weighted by Gasteiger charge is 2.32. The minimum atomic E-state index is -3.70. The van der Waals surface area contributed by atoms with Gasteiger partial charge in [-0.3, -0.25) is 4.79 Å². The van der Waals surface area contributed by atoms with Crippen LogP contribution in [-0.2, 0) is 14.8 Å². The highest BCUT2D eigenvalue weighted by Crippen LogP contribution is 2.22. The van der Waals surface area contributed by atoms with Gasteiger partial charge < -0.3 is 14.8 Å². The van der Waals surface area contributed by atoms with Crippen LogP contribution in [0, 0.1) is 0 Å². The van der Waals surface area contributed by atoms with Gasteiger partial charge >= 0.3 is 0 Å². The summed E-state index contributed by atoms with van der Waals surface area (Å²) in [5.74, 6) is 0.381. The van der Waals surface area contributed by atoms with Crippen molar-refractivity contribution in [3.05, 3.63) is 60.2 Å². The number of carbonyl (C=O) groups excluding carboxylic acids is 1. The summed E-state index contributed by atoms with van der Waals surface area (Å²) in [7, 11) is -3.70. The lowest BCUT2D eigenvalue weighted by atomic mass is 10.2. The highest BCUT2D eigenvalue weighted by molar-refractivity contribution is 7.89. The van der Waals surface area contributed by atoms with Crippen molar-refractivity contribution >= 4 is 15.9 Å².